The highest BCUT2D eigenvalue weighted by molar-refractivity contribution is 5.93. The molecule has 0 spiro atoms. The molecule has 2 atom stereocenters. The van der Waals surface area contributed by atoms with Crippen molar-refractivity contribution in [2.24, 2.45) is 5.92 Å². The maximum atomic E-state index is 12.9. The molecule has 4 fully saturated rings. The first-order chi connectivity index (χ1) is 15.9. The number of ether oxygens (including phenoxy) is 2. The van der Waals surface area contributed by atoms with Crippen LogP contribution in [0.5, 0.6) is 5.75 Å². The van der Waals surface area contributed by atoms with E-state index in [2.05, 4.69) is 25.7 Å². The number of halogens is 2. The summed E-state index contributed by atoms with van der Waals surface area (Å²) < 4.78 is 34.0. The molecule has 1 aromatic heterocycles. The number of hydrogen-bond donors (Lipinski definition) is 3. The summed E-state index contributed by atoms with van der Waals surface area (Å²) in [5.74, 6) is -0.925. The fourth-order valence-corrected chi connectivity index (χ4v) is 5.30. The van der Waals surface area contributed by atoms with Gasteiger partial charge in [0.2, 0.25) is 5.91 Å². The summed E-state index contributed by atoms with van der Waals surface area (Å²) in [6.07, 6.45) is 4.66. The first kappa shape index (κ1) is 24.2. The van der Waals surface area contributed by atoms with Gasteiger partial charge in [0.05, 0.1) is 12.1 Å². The molecule has 0 saturated heterocycles. The van der Waals surface area contributed by atoms with E-state index in [-0.39, 0.29) is 34.8 Å². The Kier molecular flexibility index (Phi) is 6.15. The molecule has 0 unspecified atom stereocenters. The van der Waals surface area contributed by atoms with Crippen LogP contribution in [0.1, 0.15) is 69.8 Å². The van der Waals surface area contributed by atoms with E-state index in [1.165, 1.54) is 12.1 Å². The summed E-state index contributed by atoms with van der Waals surface area (Å²) in [6.45, 7) is 2.41. The van der Waals surface area contributed by atoms with Crippen molar-refractivity contribution in [2.45, 2.75) is 88.6 Å². The third-order valence-electron chi connectivity index (χ3n) is 6.55. The van der Waals surface area contributed by atoms with Crippen LogP contribution in [0.15, 0.2) is 18.3 Å². The molecule has 5 rings (SSSR count). The SMILES string of the molecule is CC(C)(C)OC(=O)N[C@H]1CCC[C@@H]1C(=O)NC12CC(NC(=O)c3ccc(OC(F)F)cn3)(C1)C2. The second-order valence-electron chi connectivity index (χ2n) is 10.6. The Bertz CT molecular complexity index is 943. The zero-order valence-corrected chi connectivity index (χ0v) is 19.5. The quantitative estimate of drug-likeness (QED) is 0.552. The first-order valence-electron chi connectivity index (χ1n) is 11.4. The molecule has 186 valence electrons. The molecule has 11 heteroatoms. The van der Waals surface area contributed by atoms with Crippen molar-refractivity contribution in [1.29, 1.82) is 0 Å². The Morgan fingerprint density at radius 2 is 1.76 bits per heavy atom. The van der Waals surface area contributed by atoms with Gasteiger partial charge in [0.1, 0.15) is 17.0 Å². The van der Waals surface area contributed by atoms with Crippen LogP contribution in [0.4, 0.5) is 13.6 Å². The number of amides is 3. The van der Waals surface area contributed by atoms with Gasteiger partial charge in [-0.1, -0.05) is 6.42 Å². The lowest BCUT2D eigenvalue weighted by Gasteiger charge is -2.70. The maximum Gasteiger partial charge on any atom is 0.407 e. The van der Waals surface area contributed by atoms with Gasteiger partial charge in [0.15, 0.2) is 0 Å². The third-order valence-corrected chi connectivity index (χ3v) is 6.55. The molecule has 4 aliphatic rings. The number of nitrogens with zero attached hydrogens (tertiary/aromatic N) is 1. The van der Waals surface area contributed by atoms with Crippen molar-refractivity contribution in [1.82, 2.24) is 20.9 Å². The maximum absolute atomic E-state index is 12.9. The van der Waals surface area contributed by atoms with Crippen LogP contribution in [0.2, 0.25) is 0 Å². The van der Waals surface area contributed by atoms with Gasteiger partial charge in [-0.2, -0.15) is 8.78 Å². The zero-order chi connectivity index (χ0) is 24.7. The van der Waals surface area contributed by atoms with Gasteiger partial charge in [-0.05, 0) is 65.0 Å². The van der Waals surface area contributed by atoms with Crippen molar-refractivity contribution in [3.8, 4) is 5.75 Å². The summed E-state index contributed by atoms with van der Waals surface area (Å²) in [7, 11) is 0. The van der Waals surface area contributed by atoms with E-state index in [4.69, 9.17) is 4.74 Å². The van der Waals surface area contributed by atoms with Gasteiger partial charge in [-0.3, -0.25) is 9.59 Å². The molecular weight excluding hydrogens is 450 g/mol. The van der Waals surface area contributed by atoms with E-state index < -0.39 is 29.8 Å². The van der Waals surface area contributed by atoms with Crippen LogP contribution < -0.4 is 20.7 Å². The van der Waals surface area contributed by atoms with Crippen LogP contribution in [0, 0.1) is 5.92 Å². The van der Waals surface area contributed by atoms with E-state index in [1.54, 1.807) is 20.8 Å². The van der Waals surface area contributed by atoms with Crippen molar-refractivity contribution < 1.29 is 32.6 Å². The van der Waals surface area contributed by atoms with Crippen molar-refractivity contribution in [2.75, 3.05) is 0 Å². The summed E-state index contributed by atoms with van der Waals surface area (Å²) in [5.41, 5.74) is -1.24. The van der Waals surface area contributed by atoms with Crippen molar-refractivity contribution in [3.05, 3.63) is 24.0 Å². The summed E-state index contributed by atoms with van der Waals surface area (Å²) in [4.78, 5) is 41.4. The van der Waals surface area contributed by atoms with Crippen molar-refractivity contribution >= 4 is 17.9 Å². The molecule has 4 saturated carbocycles. The molecule has 1 aromatic rings. The predicted molar refractivity (Wildman–Crippen MR) is 116 cm³/mol. The fraction of sp³-hybridized carbons (Fsp3) is 0.652. The highest BCUT2D eigenvalue weighted by atomic mass is 19.3. The molecule has 0 aromatic carbocycles. The Hall–Kier alpha value is -2.98. The number of carbonyl (C=O) groups excluding carboxylic acids is 3. The van der Waals surface area contributed by atoms with Crippen LogP contribution in [-0.2, 0) is 9.53 Å². The average molecular weight is 481 g/mol. The molecule has 1 heterocycles. The number of alkyl halides is 2. The molecule has 4 aliphatic carbocycles. The summed E-state index contributed by atoms with van der Waals surface area (Å²) in [5, 5.41) is 8.90. The lowest BCUT2D eigenvalue weighted by atomic mass is 9.44. The molecule has 34 heavy (non-hydrogen) atoms. The van der Waals surface area contributed by atoms with E-state index in [9.17, 15) is 23.2 Å². The Labute approximate surface area is 196 Å². The van der Waals surface area contributed by atoms with Gasteiger partial charge in [-0.15, -0.1) is 0 Å². The van der Waals surface area contributed by atoms with Crippen LogP contribution in [0.25, 0.3) is 0 Å². The van der Waals surface area contributed by atoms with Crippen molar-refractivity contribution in [3.63, 3.8) is 0 Å². The van der Waals surface area contributed by atoms with Gasteiger partial charge in [-0.25, -0.2) is 9.78 Å². The number of carbonyl (C=O) groups is 3. The number of aromatic nitrogens is 1. The second kappa shape index (κ2) is 8.66. The van der Waals surface area contributed by atoms with Gasteiger partial charge >= 0.3 is 12.7 Å². The molecule has 2 bridgehead atoms. The van der Waals surface area contributed by atoms with Crippen LogP contribution >= 0.6 is 0 Å². The van der Waals surface area contributed by atoms with Crippen LogP contribution in [0.3, 0.4) is 0 Å². The second-order valence-corrected chi connectivity index (χ2v) is 10.6. The lowest BCUT2D eigenvalue weighted by Crippen LogP contribution is -2.84. The average Bonchev–Trinajstić information content (AvgIpc) is 3.11. The Morgan fingerprint density at radius 3 is 2.35 bits per heavy atom. The monoisotopic (exact) mass is 480 g/mol. The minimum atomic E-state index is -2.96. The molecular formula is C23H30F2N4O5. The summed E-state index contributed by atoms with van der Waals surface area (Å²) in [6, 6.07) is 2.33. The minimum absolute atomic E-state index is 0.0885. The number of rotatable bonds is 7. The Balaban J connectivity index is 1.25. The molecule has 9 nitrogen and oxygen atoms in total. The summed E-state index contributed by atoms with van der Waals surface area (Å²) >= 11 is 0. The first-order valence-corrected chi connectivity index (χ1v) is 11.4. The number of hydrogen-bond acceptors (Lipinski definition) is 6. The van der Waals surface area contributed by atoms with Crippen LogP contribution in [-0.4, -0.2) is 52.2 Å². The van der Waals surface area contributed by atoms with Gasteiger partial charge in [0, 0.05) is 17.1 Å². The standard InChI is InChI=1S/C23H30F2N4O5/c1-21(2,3)34-20(32)27-15-6-4-5-14(15)17(30)28-22-10-23(11-22,12-22)29-18(31)16-8-7-13(9-26-16)33-19(24)25/h7-9,14-15,19H,4-6,10-12H2,1-3H3,(H,27,32)(H,28,30)(H,29,31)/t14-,15-,22?,23?/m0/s1. The fourth-order valence-electron chi connectivity index (χ4n) is 5.30. The Morgan fingerprint density at radius 1 is 1.09 bits per heavy atom. The third kappa shape index (κ3) is 5.23. The molecule has 0 aliphatic heterocycles. The predicted octanol–water partition coefficient (Wildman–Crippen LogP) is 2.90. The van der Waals surface area contributed by atoms with E-state index in [1.807, 2.05) is 0 Å². The van der Waals surface area contributed by atoms with Gasteiger partial charge in [0.25, 0.3) is 5.91 Å². The number of nitrogens with one attached hydrogen (secondary N) is 3. The zero-order valence-electron chi connectivity index (χ0n) is 19.5. The molecule has 3 amide bonds. The molecule has 3 N–H and O–H groups in total. The highest BCUT2D eigenvalue weighted by Crippen LogP contribution is 2.60. The van der Waals surface area contributed by atoms with E-state index >= 15 is 0 Å². The number of pyridine rings is 1. The lowest BCUT2D eigenvalue weighted by molar-refractivity contribution is -0.143. The number of alkyl carbamates (subject to hydrolysis) is 1. The smallest absolute Gasteiger partial charge is 0.407 e. The normalized spacial score (nSPS) is 29.5. The highest BCUT2D eigenvalue weighted by Gasteiger charge is 2.69. The van der Waals surface area contributed by atoms with Gasteiger partial charge < -0.3 is 25.4 Å². The minimum Gasteiger partial charge on any atom is -0.444 e. The van der Waals surface area contributed by atoms with E-state index in [0.29, 0.717) is 25.7 Å². The molecule has 0 radical (unpaired) electrons. The van der Waals surface area contributed by atoms with E-state index in [0.717, 1.165) is 19.0 Å². The topological polar surface area (TPSA) is 119 Å². The largest absolute Gasteiger partial charge is 0.444 e.